The number of unbranched alkanes of at least 4 members (excludes halogenated alkanes) is 3. The van der Waals surface area contributed by atoms with Crippen molar-refractivity contribution in [2.24, 2.45) is 0 Å². The van der Waals surface area contributed by atoms with Gasteiger partial charge in [0.05, 0.1) is 30.8 Å². The summed E-state index contributed by atoms with van der Waals surface area (Å²) in [5.74, 6) is -1.44. The molecule has 0 saturated heterocycles. The summed E-state index contributed by atoms with van der Waals surface area (Å²) in [6, 6.07) is 4.49. The van der Waals surface area contributed by atoms with Crippen LogP contribution in [0.25, 0.3) is 0 Å². The number of ether oxygens (including phenoxy) is 1. The topological polar surface area (TPSA) is 55.3 Å². The molecule has 0 fully saturated rings. The fourth-order valence-electron chi connectivity index (χ4n) is 5.10. The van der Waals surface area contributed by atoms with Gasteiger partial charge in [-0.15, -0.1) is 11.5 Å². The van der Waals surface area contributed by atoms with Crippen LogP contribution in [-0.4, -0.2) is 50.2 Å². The summed E-state index contributed by atoms with van der Waals surface area (Å²) in [5, 5.41) is 22.1. The minimum absolute atomic E-state index is 0. The Kier molecular flexibility index (Phi) is 18.3. The molecule has 3 nitrogen and oxygen atoms in total. The van der Waals surface area contributed by atoms with E-state index in [1.807, 2.05) is 7.11 Å². The number of benzene rings is 2. The van der Waals surface area contributed by atoms with Crippen molar-refractivity contribution in [3.63, 3.8) is 0 Å². The van der Waals surface area contributed by atoms with E-state index in [0.717, 1.165) is 0 Å². The second kappa shape index (κ2) is 18.7. The van der Waals surface area contributed by atoms with Gasteiger partial charge in [0.2, 0.25) is 5.41 Å². The van der Waals surface area contributed by atoms with Crippen molar-refractivity contribution < 1.29 is 70.8 Å². The molecule has 11 heteroatoms. The maximum Gasteiger partial charge on any atom is 1.00 e. The number of hydrogen-bond acceptors (Lipinski definition) is 3. The fourth-order valence-corrected chi connectivity index (χ4v) is 10.5. The first kappa shape index (κ1) is 41.0. The van der Waals surface area contributed by atoms with Gasteiger partial charge in [0, 0.05) is 14.4 Å². The molecule has 0 radical (unpaired) electrons. The van der Waals surface area contributed by atoms with Gasteiger partial charge in [-0.25, -0.2) is 0 Å². The van der Waals surface area contributed by atoms with E-state index >= 15 is 0 Å². The number of alkyl halides is 6. The van der Waals surface area contributed by atoms with E-state index in [-0.39, 0.29) is 29.6 Å². The number of halogens is 6. The third-order valence-electron chi connectivity index (χ3n) is 7.43. The molecule has 0 heterocycles. The van der Waals surface area contributed by atoms with Gasteiger partial charge in [-0.1, -0.05) is 88.6 Å². The van der Waals surface area contributed by atoms with Crippen LogP contribution in [0.3, 0.4) is 0 Å². The van der Waals surface area contributed by atoms with Crippen LogP contribution in [0.1, 0.15) is 77.3 Å². The zero-order valence-corrected chi connectivity index (χ0v) is 28.6. The summed E-state index contributed by atoms with van der Waals surface area (Å²) in [5.41, 5.74) is -6.62. The molecule has 0 bridgehead atoms. The van der Waals surface area contributed by atoms with Gasteiger partial charge in [0.15, 0.2) is 0 Å². The van der Waals surface area contributed by atoms with Crippen molar-refractivity contribution in [1.29, 1.82) is 0 Å². The smallest absolute Gasteiger partial charge is 0.872 e. The van der Waals surface area contributed by atoms with Crippen LogP contribution in [0.5, 0.6) is 11.5 Å². The van der Waals surface area contributed by atoms with Crippen molar-refractivity contribution in [2.75, 3.05) is 31.8 Å². The van der Waals surface area contributed by atoms with E-state index in [0.29, 0.717) is 54.6 Å². The molecule has 0 N–H and O–H groups in total. The predicted octanol–water partition coefficient (Wildman–Crippen LogP) is 5.69. The minimum Gasteiger partial charge on any atom is -0.872 e. The normalized spacial score (nSPS) is 13.1. The van der Waals surface area contributed by atoms with Gasteiger partial charge >= 0.3 is 41.9 Å². The monoisotopic (exact) mass is 632 g/mol. The van der Waals surface area contributed by atoms with E-state index < -0.39 is 47.7 Å². The van der Waals surface area contributed by atoms with Crippen LogP contribution in [0.2, 0.25) is 0 Å². The molecular formula is C31H44F6NaO3P. The average Bonchev–Trinajstić information content (AvgIpc) is 2.90. The third-order valence-corrected chi connectivity index (χ3v) is 12.5. The molecule has 0 aromatic heterocycles. The summed E-state index contributed by atoms with van der Waals surface area (Å²) < 4.78 is 87.0. The summed E-state index contributed by atoms with van der Waals surface area (Å²) >= 11 is 0. The van der Waals surface area contributed by atoms with Crippen LogP contribution in [0, 0.1) is 0 Å². The first-order chi connectivity index (χ1) is 19.1. The molecule has 1 atom stereocenters. The van der Waals surface area contributed by atoms with Gasteiger partial charge in [-0.3, -0.25) is 0 Å². The molecule has 234 valence electrons. The van der Waals surface area contributed by atoms with Crippen molar-refractivity contribution in [3.8, 4) is 11.5 Å². The summed E-state index contributed by atoms with van der Waals surface area (Å²) in [6.45, 7) is 9.24. The minimum atomic E-state index is -5.74. The van der Waals surface area contributed by atoms with E-state index in [1.165, 1.54) is 63.2 Å². The molecular weight excluding hydrogens is 588 g/mol. The van der Waals surface area contributed by atoms with Gasteiger partial charge in [0.1, 0.15) is 0 Å². The Morgan fingerprint density at radius 3 is 1.21 bits per heavy atom. The van der Waals surface area contributed by atoms with Gasteiger partial charge in [-0.05, 0) is 37.3 Å². The van der Waals surface area contributed by atoms with Gasteiger partial charge in [0.25, 0.3) is 0 Å². The Labute approximate surface area is 270 Å². The third kappa shape index (κ3) is 11.2. The first-order valence-electron chi connectivity index (χ1n) is 14.2. The molecule has 2 aromatic carbocycles. The van der Waals surface area contributed by atoms with Crippen molar-refractivity contribution in [2.45, 2.75) is 90.1 Å². The maximum atomic E-state index is 13.6. The predicted molar refractivity (Wildman–Crippen MR) is 152 cm³/mol. The Balaban J connectivity index is 0.000000808. The zero-order chi connectivity index (χ0) is 31.3. The van der Waals surface area contributed by atoms with E-state index in [9.17, 15) is 36.6 Å². The summed E-state index contributed by atoms with van der Waals surface area (Å²) in [7, 11) is 1.13. The van der Waals surface area contributed by atoms with Gasteiger partial charge < -0.3 is 14.9 Å². The quantitative estimate of drug-likeness (QED) is 0.153. The summed E-state index contributed by atoms with van der Waals surface area (Å²) in [6.07, 6.45) is 3.22. The Hall–Kier alpha value is -0.990. The molecule has 1 unspecified atom stereocenters. The van der Waals surface area contributed by atoms with Gasteiger partial charge in [-0.2, -0.15) is 26.3 Å². The van der Waals surface area contributed by atoms with Crippen molar-refractivity contribution >= 4 is 7.26 Å². The van der Waals surface area contributed by atoms with Crippen LogP contribution >= 0.6 is 7.26 Å². The van der Waals surface area contributed by atoms with Crippen molar-refractivity contribution in [1.82, 2.24) is 0 Å². The van der Waals surface area contributed by atoms with Crippen molar-refractivity contribution in [3.05, 3.63) is 59.7 Å². The van der Waals surface area contributed by atoms with Crippen LogP contribution in [0.4, 0.5) is 26.3 Å². The Morgan fingerprint density at radius 1 is 0.667 bits per heavy atom. The maximum absolute atomic E-state index is 13.6. The van der Waals surface area contributed by atoms with E-state index in [1.54, 1.807) is 0 Å². The molecule has 42 heavy (non-hydrogen) atoms. The SMILES string of the molecule is CCCC[P+](CCCC)(CCCC)CC(C)OC.[Na+].[O-]c1ccc(C(c2ccc([O-])cc2)(C(F)(F)F)C(F)(F)F)cc1. The Bertz CT molecular complexity index is 914. The fraction of sp³-hybridized carbons (Fsp3) is 0.613. The van der Waals surface area contributed by atoms with E-state index in [4.69, 9.17) is 4.74 Å². The molecule has 0 aliphatic rings. The Morgan fingerprint density at radius 2 is 0.976 bits per heavy atom. The number of methoxy groups -OCH3 is 1. The average molecular weight is 633 g/mol. The molecule has 2 rings (SSSR count). The largest absolute Gasteiger partial charge is 1.00 e. The first-order valence-corrected chi connectivity index (χ1v) is 16.7. The molecule has 0 aliphatic heterocycles. The standard InChI is InChI=1S/C16H36OP.C15H10F6O2.Na/c1-6-9-12-18(13-10-7-2,14-11-8-3)15-16(4)17-5;16-14(17,18)13(15(19,20)21,9-1-5-11(22)6-2-9)10-3-7-12(23)8-4-10;/h16H,6-15H2,1-5H3;1-8,22-23H;/q+1;;+1/p-2. The number of hydrogen-bond donors (Lipinski definition) is 0. The molecule has 0 spiro atoms. The van der Waals surface area contributed by atoms with Crippen LogP contribution < -0.4 is 39.8 Å². The van der Waals surface area contributed by atoms with Crippen LogP contribution in [-0.2, 0) is 10.2 Å². The zero-order valence-electron chi connectivity index (χ0n) is 25.7. The summed E-state index contributed by atoms with van der Waals surface area (Å²) in [4.78, 5) is 0. The molecule has 0 saturated carbocycles. The second-order valence-corrected chi connectivity index (χ2v) is 15.0. The second-order valence-electron chi connectivity index (χ2n) is 10.6. The number of rotatable bonds is 14. The molecule has 0 aliphatic carbocycles. The van der Waals surface area contributed by atoms with E-state index in [2.05, 4.69) is 27.7 Å². The molecule has 2 aromatic rings. The van der Waals surface area contributed by atoms with Crippen LogP contribution in [0.15, 0.2) is 48.5 Å². The molecule has 0 amide bonds.